The smallest absolute Gasteiger partial charge is 0.179 e. The molecular formula is C7H10N2. The highest BCUT2D eigenvalue weighted by Crippen LogP contribution is 2.47. The van der Waals surface area contributed by atoms with Gasteiger partial charge in [0, 0.05) is 12.6 Å². The molecule has 1 saturated heterocycles. The van der Waals surface area contributed by atoms with Crippen molar-refractivity contribution in [1.29, 1.82) is 5.26 Å². The van der Waals surface area contributed by atoms with Crippen molar-refractivity contribution in [2.75, 3.05) is 6.54 Å². The molecule has 2 rings (SSSR count). The maximum absolute atomic E-state index is 8.56. The van der Waals surface area contributed by atoms with Crippen molar-refractivity contribution >= 4 is 0 Å². The van der Waals surface area contributed by atoms with E-state index in [0.29, 0.717) is 6.04 Å². The lowest BCUT2D eigenvalue weighted by atomic mass is 10.1. The minimum Gasteiger partial charge on any atom is -0.307 e. The Morgan fingerprint density at radius 3 is 2.67 bits per heavy atom. The maximum atomic E-state index is 8.56. The van der Waals surface area contributed by atoms with Crippen LogP contribution in [0.4, 0.5) is 0 Å². The first-order chi connectivity index (χ1) is 4.33. The van der Waals surface area contributed by atoms with Gasteiger partial charge in [0.15, 0.2) is 6.19 Å². The Kier molecular flexibility index (Phi) is 0.801. The highest BCUT2D eigenvalue weighted by Gasteiger charge is 2.51. The quantitative estimate of drug-likeness (QED) is 0.444. The van der Waals surface area contributed by atoms with Gasteiger partial charge in [-0.3, -0.25) is 0 Å². The molecule has 1 heterocycles. The molecule has 1 aliphatic heterocycles. The minimum atomic E-state index is 0.644. The van der Waals surface area contributed by atoms with Crippen molar-refractivity contribution in [1.82, 2.24) is 4.90 Å². The predicted molar refractivity (Wildman–Crippen MR) is 33.4 cm³/mol. The van der Waals surface area contributed by atoms with E-state index in [-0.39, 0.29) is 0 Å². The van der Waals surface area contributed by atoms with Gasteiger partial charge in [-0.2, -0.15) is 5.26 Å². The van der Waals surface area contributed by atoms with Gasteiger partial charge < -0.3 is 4.90 Å². The molecule has 0 aromatic heterocycles. The number of nitrogens with zero attached hydrogens (tertiary/aromatic N) is 2. The van der Waals surface area contributed by atoms with Gasteiger partial charge in [0.25, 0.3) is 0 Å². The van der Waals surface area contributed by atoms with Gasteiger partial charge in [0.05, 0.1) is 0 Å². The summed E-state index contributed by atoms with van der Waals surface area (Å²) in [6, 6.07) is 0.644. The Bertz CT molecular complexity index is 170. The monoisotopic (exact) mass is 122 g/mol. The molecular weight excluding hydrogens is 112 g/mol. The van der Waals surface area contributed by atoms with Gasteiger partial charge >= 0.3 is 0 Å². The molecule has 0 aromatic rings. The van der Waals surface area contributed by atoms with Gasteiger partial charge in [0.1, 0.15) is 0 Å². The maximum Gasteiger partial charge on any atom is 0.179 e. The summed E-state index contributed by atoms with van der Waals surface area (Å²) in [5.41, 5.74) is 0. The predicted octanol–water partition coefficient (Wildman–Crippen LogP) is 0.808. The Balaban J connectivity index is 2.10. The molecule has 3 atom stereocenters. The standard InChI is InChI=1S/C7H10N2/c1-5-3-9(4-8)7-2-6(5)7/h5-7H,2-3H2,1H3. The lowest BCUT2D eigenvalue weighted by molar-refractivity contribution is 0.397. The first-order valence-electron chi connectivity index (χ1n) is 3.49. The molecule has 2 fully saturated rings. The van der Waals surface area contributed by atoms with Crippen molar-refractivity contribution in [3.05, 3.63) is 0 Å². The van der Waals surface area contributed by atoms with Crippen LogP contribution in [0.1, 0.15) is 13.3 Å². The molecule has 0 spiro atoms. The van der Waals surface area contributed by atoms with Gasteiger partial charge in [-0.25, -0.2) is 0 Å². The molecule has 9 heavy (non-hydrogen) atoms. The molecule has 48 valence electrons. The van der Waals surface area contributed by atoms with E-state index in [0.717, 1.165) is 18.4 Å². The average Bonchev–Trinajstić information content (AvgIpc) is 2.56. The lowest BCUT2D eigenvalue weighted by Gasteiger charge is -2.09. The third-order valence-electron chi connectivity index (χ3n) is 2.55. The zero-order valence-electron chi connectivity index (χ0n) is 5.54. The van der Waals surface area contributed by atoms with Gasteiger partial charge in [0.2, 0.25) is 0 Å². The zero-order chi connectivity index (χ0) is 6.43. The molecule has 0 aromatic carbocycles. The molecule has 0 amide bonds. The highest BCUT2D eigenvalue weighted by atomic mass is 15.2. The summed E-state index contributed by atoms with van der Waals surface area (Å²) < 4.78 is 0. The summed E-state index contributed by atoms with van der Waals surface area (Å²) in [7, 11) is 0. The second kappa shape index (κ2) is 1.41. The van der Waals surface area contributed by atoms with Crippen LogP contribution in [0.3, 0.4) is 0 Å². The summed E-state index contributed by atoms with van der Waals surface area (Å²) in [6.07, 6.45) is 3.49. The molecule has 1 aliphatic carbocycles. The second-order valence-corrected chi connectivity index (χ2v) is 3.20. The number of hydrogen-bond acceptors (Lipinski definition) is 2. The molecule has 2 nitrogen and oxygen atoms in total. The third-order valence-corrected chi connectivity index (χ3v) is 2.55. The molecule has 3 unspecified atom stereocenters. The second-order valence-electron chi connectivity index (χ2n) is 3.20. The number of rotatable bonds is 0. The Morgan fingerprint density at radius 1 is 1.67 bits per heavy atom. The van der Waals surface area contributed by atoms with Gasteiger partial charge in [-0.1, -0.05) is 6.92 Å². The van der Waals surface area contributed by atoms with E-state index in [1.54, 1.807) is 0 Å². The lowest BCUT2D eigenvalue weighted by Crippen LogP contribution is -2.18. The Labute approximate surface area is 55.1 Å². The van der Waals surface area contributed by atoms with E-state index in [1.807, 2.05) is 4.90 Å². The largest absolute Gasteiger partial charge is 0.307 e. The van der Waals surface area contributed by atoms with Crippen LogP contribution in [0.15, 0.2) is 0 Å². The number of piperidine rings is 1. The van der Waals surface area contributed by atoms with E-state index < -0.39 is 0 Å². The summed E-state index contributed by atoms with van der Waals surface area (Å²) >= 11 is 0. The summed E-state index contributed by atoms with van der Waals surface area (Å²) in [6.45, 7) is 3.24. The minimum absolute atomic E-state index is 0.644. The van der Waals surface area contributed by atoms with Crippen LogP contribution in [0.5, 0.6) is 0 Å². The van der Waals surface area contributed by atoms with Crippen molar-refractivity contribution in [3.63, 3.8) is 0 Å². The first-order valence-corrected chi connectivity index (χ1v) is 3.49. The molecule has 0 bridgehead atoms. The SMILES string of the molecule is CC1CN(C#N)C2CC12. The third kappa shape index (κ3) is 0.548. The molecule has 1 saturated carbocycles. The number of nitriles is 1. The van der Waals surface area contributed by atoms with Crippen LogP contribution in [0, 0.1) is 23.3 Å². The van der Waals surface area contributed by atoms with Crippen LogP contribution in [-0.2, 0) is 0 Å². The summed E-state index contributed by atoms with van der Waals surface area (Å²) in [4.78, 5) is 1.93. The fraction of sp³-hybridized carbons (Fsp3) is 0.857. The molecule has 0 N–H and O–H groups in total. The number of likely N-dealkylation sites (tertiary alicyclic amines) is 1. The van der Waals surface area contributed by atoms with Crippen molar-refractivity contribution < 1.29 is 0 Å². The van der Waals surface area contributed by atoms with Crippen LogP contribution < -0.4 is 0 Å². The zero-order valence-corrected chi connectivity index (χ0v) is 5.54. The fourth-order valence-corrected chi connectivity index (χ4v) is 1.87. The van der Waals surface area contributed by atoms with E-state index in [4.69, 9.17) is 5.26 Å². The Morgan fingerprint density at radius 2 is 2.44 bits per heavy atom. The van der Waals surface area contributed by atoms with Crippen LogP contribution in [0.25, 0.3) is 0 Å². The average molecular weight is 122 g/mol. The highest BCUT2D eigenvalue weighted by molar-refractivity contribution is 5.08. The van der Waals surface area contributed by atoms with Crippen LogP contribution in [-0.4, -0.2) is 17.5 Å². The fourth-order valence-electron chi connectivity index (χ4n) is 1.87. The Hall–Kier alpha value is -0.710. The summed E-state index contributed by atoms with van der Waals surface area (Å²) in [5, 5.41) is 8.56. The number of fused-ring (bicyclic) bond motifs is 1. The van der Waals surface area contributed by atoms with Crippen LogP contribution >= 0.6 is 0 Å². The van der Waals surface area contributed by atoms with Crippen LogP contribution in [0.2, 0.25) is 0 Å². The van der Waals surface area contributed by atoms with Gasteiger partial charge in [-0.05, 0) is 18.3 Å². The van der Waals surface area contributed by atoms with E-state index in [2.05, 4.69) is 13.1 Å². The van der Waals surface area contributed by atoms with E-state index in [1.165, 1.54) is 6.42 Å². The number of hydrogen-bond donors (Lipinski definition) is 0. The molecule has 0 radical (unpaired) electrons. The van der Waals surface area contributed by atoms with E-state index in [9.17, 15) is 0 Å². The molecule has 2 aliphatic rings. The normalized spacial score (nSPS) is 46.2. The summed E-state index contributed by atoms with van der Waals surface area (Å²) in [5.74, 6) is 1.64. The van der Waals surface area contributed by atoms with Gasteiger partial charge in [-0.15, -0.1) is 0 Å². The first kappa shape index (κ1) is 5.10. The topological polar surface area (TPSA) is 27.0 Å². The molecule has 2 heteroatoms. The van der Waals surface area contributed by atoms with E-state index >= 15 is 0 Å². The van der Waals surface area contributed by atoms with Crippen molar-refractivity contribution in [3.8, 4) is 6.19 Å². The van der Waals surface area contributed by atoms with Crippen molar-refractivity contribution in [2.45, 2.75) is 19.4 Å². The van der Waals surface area contributed by atoms with Crippen molar-refractivity contribution in [2.24, 2.45) is 11.8 Å².